The van der Waals surface area contributed by atoms with Crippen LogP contribution in [0.5, 0.6) is 0 Å². The van der Waals surface area contributed by atoms with E-state index in [4.69, 9.17) is 5.73 Å². The van der Waals surface area contributed by atoms with Gasteiger partial charge in [-0.2, -0.15) is 0 Å². The minimum atomic E-state index is -5.00. The van der Waals surface area contributed by atoms with Crippen LogP contribution in [0, 0.1) is 13.8 Å². The summed E-state index contributed by atoms with van der Waals surface area (Å²) in [7, 11) is -5.00. The smallest absolute Gasteiger partial charge is 0.744 e. The van der Waals surface area contributed by atoms with Gasteiger partial charge < -0.3 is 15.6 Å². The first-order valence-electron chi connectivity index (χ1n) is 9.04. The van der Waals surface area contributed by atoms with Gasteiger partial charge in [-0.3, -0.25) is 9.59 Å². The standard InChI is InChI=1S/C22H18N2O5S.Na/c1-11-7-8-15(12(2)9-11)24-16-10-17(30(27,28)29)20(23)19-18(16)21(25)13-5-3-4-6-14(13)22(19)26;/h3-10,24H,23H2,1-2H3,(H,27,28,29);/q;+1/p-1. The van der Waals surface area contributed by atoms with Crippen molar-refractivity contribution in [2.24, 2.45) is 0 Å². The van der Waals surface area contributed by atoms with Crippen LogP contribution < -0.4 is 40.6 Å². The van der Waals surface area contributed by atoms with E-state index in [1.54, 1.807) is 18.2 Å². The van der Waals surface area contributed by atoms with Crippen LogP contribution in [0.15, 0.2) is 53.4 Å². The predicted molar refractivity (Wildman–Crippen MR) is 111 cm³/mol. The van der Waals surface area contributed by atoms with Crippen molar-refractivity contribution < 1.29 is 52.1 Å². The van der Waals surface area contributed by atoms with Crippen LogP contribution in [-0.4, -0.2) is 24.5 Å². The largest absolute Gasteiger partial charge is 1.00 e. The van der Waals surface area contributed by atoms with Crippen LogP contribution in [0.2, 0.25) is 0 Å². The maximum absolute atomic E-state index is 13.2. The molecule has 9 heteroatoms. The van der Waals surface area contributed by atoms with Gasteiger partial charge in [-0.15, -0.1) is 0 Å². The molecule has 3 aromatic rings. The number of anilines is 3. The minimum absolute atomic E-state index is 0. The van der Waals surface area contributed by atoms with E-state index in [1.807, 2.05) is 26.0 Å². The number of hydrogen-bond acceptors (Lipinski definition) is 7. The Morgan fingerprint density at radius 3 is 2.00 bits per heavy atom. The zero-order valence-corrected chi connectivity index (χ0v) is 20.0. The maximum atomic E-state index is 13.2. The topological polar surface area (TPSA) is 129 Å². The number of aryl methyl sites for hydroxylation is 2. The second kappa shape index (κ2) is 8.22. The molecular formula is C22H17N2NaO5S. The number of ketones is 2. The van der Waals surface area contributed by atoms with Gasteiger partial charge >= 0.3 is 29.6 Å². The second-order valence-electron chi connectivity index (χ2n) is 7.19. The molecule has 0 amide bonds. The van der Waals surface area contributed by atoms with Gasteiger partial charge in [0.2, 0.25) is 0 Å². The molecule has 0 heterocycles. The van der Waals surface area contributed by atoms with Crippen molar-refractivity contribution in [2.45, 2.75) is 18.7 Å². The summed E-state index contributed by atoms with van der Waals surface area (Å²) < 4.78 is 35.5. The van der Waals surface area contributed by atoms with Gasteiger partial charge in [0.25, 0.3) is 0 Å². The molecule has 0 spiro atoms. The van der Waals surface area contributed by atoms with Gasteiger partial charge in [0.05, 0.1) is 27.4 Å². The van der Waals surface area contributed by atoms with Crippen molar-refractivity contribution in [2.75, 3.05) is 11.1 Å². The van der Waals surface area contributed by atoms with Gasteiger partial charge in [0, 0.05) is 16.8 Å². The average Bonchev–Trinajstić information content (AvgIpc) is 2.68. The van der Waals surface area contributed by atoms with E-state index in [2.05, 4.69) is 5.32 Å². The van der Waals surface area contributed by atoms with E-state index >= 15 is 0 Å². The molecule has 31 heavy (non-hydrogen) atoms. The molecule has 0 saturated carbocycles. The van der Waals surface area contributed by atoms with Gasteiger partial charge in [-0.1, -0.05) is 42.0 Å². The molecule has 0 atom stereocenters. The zero-order valence-electron chi connectivity index (χ0n) is 17.1. The molecule has 7 nitrogen and oxygen atoms in total. The van der Waals surface area contributed by atoms with Crippen molar-refractivity contribution in [1.29, 1.82) is 0 Å². The fourth-order valence-electron chi connectivity index (χ4n) is 3.70. The molecule has 0 unspecified atom stereocenters. The van der Waals surface area contributed by atoms with E-state index in [0.29, 0.717) is 5.69 Å². The number of nitrogens with one attached hydrogen (secondary N) is 1. The Morgan fingerprint density at radius 1 is 0.871 bits per heavy atom. The van der Waals surface area contributed by atoms with E-state index in [0.717, 1.165) is 17.2 Å². The monoisotopic (exact) mass is 444 g/mol. The van der Waals surface area contributed by atoms with Crippen molar-refractivity contribution in [3.05, 3.63) is 81.9 Å². The quantitative estimate of drug-likeness (QED) is 0.264. The number of nitrogen functional groups attached to an aromatic ring is 1. The maximum Gasteiger partial charge on any atom is 1.00 e. The fraction of sp³-hybridized carbons (Fsp3) is 0.0909. The van der Waals surface area contributed by atoms with Crippen LogP contribution >= 0.6 is 0 Å². The molecule has 0 aliphatic heterocycles. The summed E-state index contributed by atoms with van der Waals surface area (Å²) in [4.78, 5) is 25.6. The molecule has 3 N–H and O–H groups in total. The van der Waals surface area contributed by atoms with Crippen LogP contribution in [0.1, 0.15) is 43.0 Å². The first-order chi connectivity index (χ1) is 14.1. The van der Waals surface area contributed by atoms with Gasteiger partial charge in [0.15, 0.2) is 11.6 Å². The molecular weight excluding hydrogens is 427 g/mol. The Hall–Kier alpha value is -2.49. The van der Waals surface area contributed by atoms with Gasteiger partial charge in [-0.25, -0.2) is 8.42 Å². The molecule has 0 aromatic heterocycles. The first kappa shape index (κ1) is 23.2. The summed E-state index contributed by atoms with van der Waals surface area (Å²) in [6.45, 7) is 3.76. The Labute approximate surface area is 201 Å². The summed E-state index contributed by atoms with van der Waals surface area (Å²) >= 11 is 0. The summed E-state index contributed by atoms with van der Waals surface area (Å²) in [6, 6.07) is 12.7. The van der Waals surface area contributed by atoms with E-state index in [1.165, 1.54) is 12.1 Å². The molecule has 3 aromatic carbocycles. The van der Waals surface area contributed by atoms with Crippen molar-refractivity contribution in [3.8, 4) is 0 Å². The van der Waals surface area contributed by atoms with Gasteiger partial charge in [0.1, 0.15) is 10.1 Å². The summed E-state index contributed by atoms with van der Waals surface area (Å²) in [5.74, 6) is -1.08. The summed E-state index contributed by atoms with van der Waals surface area (Å²) in [5.41, 5.74) is 7.87. The molecule has 152 valence electrons. The Morgan fingerprint density at radius 2 is 1.45 bits per heavy atom. The first-order valence-corrected chi connectivity index (χ1v) is 10.5. The Balaban J connectivity index is 0.00000272. The van der Waals surface area contributed by atoms with Crippen molar-refractivity contribution >= 4 is 38.7 Å². The van der Waals surface area contributed by atoms with E-state index in [9.17, 15) is 22.6 Å². The number of carbonyl (C=O) groups excluding carboxylic acids is 2. The van der Waals surface area contributed by atoms with E-state index in [-0.39, 0.29) is 57.5 Å². The Kier molecular flexibility index (Phi) is 6.14. The third-order valence-electron chi connectivity index (χ3n) is 5.12. The van der Waals surface area contributed by atoms with Crippen molar-refractivity contribution in [1.82, 2.24) is 0 Å². The fourth-order valence-corrected chi connectivity index (χ4v) is 4.33. The molecule has 0 radical (unpaired) electrons. The summed E-state index contributed by atoms with van der Waals surface area (Å²) in [6.07, 6.45) is 0. The molecule has 4 rings (SSSR count). The van der Waals surface area contributed by atoms with Crippen LogP contribution in [0.3, 0.4) is 0 Å². The number of carbonyl (C=O) groups is 2. The van der Waals surface area contributed by atoms with Crippen molar-refractivity contribution in [3.63, 3.8) is 0 Å². The van der Waals surface area contributed by atoms with Crippen LogP contribution in [-0.2, 0) is 10.1 Å². The number of rotatable bonds is 3. The van der Waals surface area contributed by atoms with Crippen LogP contribution in [0.4, 0.5) is 17.1 Å². The molecule has 0 bridgehead atoms. The second-order valence-corrected chi connectivity index (χ2v) is 8.54. The molecule has 0 fully saturated rings. The summed E-state index contributed by atoms with van der Waals surface area (Å²) in [5, 5.41) is 3.02. The number of hydrogen-bond donors (Lipinski definition) is 2. The molecule has 0 saturated heterocycles. The molecule has 1 aliphatic carbocycles. The SMILES string of the molecule is Cc1ccc(Nc2cc(S(=O)(=O)[O-])c(N)c3c2C(=O)c2ccccc2C3=O)c(C)c1.[Na+]. The Bertz CT molecular complexity index is 1370. The number of fused-ring (bicyclic) bond motifs is 2. The zero-order chi connectivity index (χ0) is 21.8. The number of benzene rings is 3. The van der Waals surface area contributed by atoms with Gasteiger partial charge in [-0.05, 0) is 31.5 Å². The third kappa shape index (κ3) is 3.93. The average molecular weight is 444 g/mol. The predicted octanol–water partition coefficient (Wildman–Crippen LogP) is 0.313. The molecule has 1 aliphatic rings. The third-order valence-corrected chi connectivity index (χ3v) is 6.00. The van der Waals surface area contributed by atoms with Crippen LogP contribution in [0.25, 0.3) is 0 Å². The normalized spacial score (nSPS) is 12.6. The van der Waals surface area contributed by atoms with E-state index < -0.39 is 32.3 Å². The number of nitrogens with two attached hydrogens (primary N) is 1. The minimum Gasteiger partial charge on any atom is -0.744 e.